The fourth-order valence-corrected chi connectivity index (χ4v) is 3.19. The average Bonchev–Trinajstić information content (AvgIpc) is 2.50. The van der Waals surface area contributed by atoms with Crippen LogP contribution in [0.1, 0.15) is 50.8 Å². The largest absolute Gasteiger partial charge is 0.481 e. The zero-order valence-electron chi connectivity index (χ0n) is 14.3. The number of nitrogens with zero attached hydrogens (tertiary/aromatic N) is 1. The Morgan fingerprint density at radius 3 is 2.70 bits per heavy atom. The number of carbonyl (C=O) groups excluding carboxylic acids is 1. The van der Waals surface area contributed by atoms with Gasteiger partial charge in [0.25, 0.3) is 0 Å². The summed E-state index contributed by atoms with van der Waals surface area (Å²) in [4.78, 5) is 24.7. The molecule has 0 saturated carbocycles. The Morgan fingerprint density at radius 1 is 1.39 bits per heavy atom. The van der Waals surface area contributed by atoms with E-state index in [1.807, 2.05) is 12.1 Å². The number of rotatable bonds is 4. The summed E-state index contributed by atoms with van der Waals surface area (Å²) in [6.45, 7) is 6.25. The van der Waals surface area contributed by atoms with Crippen LogP contribution in [0.3, 0.4) is 0 Å². The molecule has 0 bridgehead atoms. The Balaban J connectivity index is 2.09. The maximum Gasteiger partial charge on any atom is 0.317 e. The van der Waals surface area contributed by atoms with Crippen molar-refractivity contribution in [3.63, 3.8) is 0 Å². The number of hydrogen-bond acceptors (Lipinski definition) is 2. The van der Waals surface area contributed by atoms with Gasteiger partial charge in [0.05, 0.1) is 12.0 Å². The molecule has 0 fully saturated rings. The minimum atomic E-state index is -0.894. The predicted molar refractivity (Wildman–Crippen MR) is 89.4 cm³/mol. The van der Waals surface area contributed by atoms with Crippen molar-refractivity contribution in [1.82, 2.24) is 10.2 Å². The van der Waals surface area contributed by atoms with Crippen molar-refractivity contribution in [2.24, 2.45) is 5.92 Å². The molecule has 1 aromatic carbocycles. The summed E-state index contributed by atoms with van der Waals surface area (Å²) in [5, 5.41) is 12.0. The lowest BCUT2D eigenvalue weighted by molar-refractivity contribution is -0.141. The smallest absolute Gasteiger partial charge is 0.317 e. The third-order valence-corrected chi connectivity index (χ3v) is 4.74. The summed E-state index contributed by atoms with van der Waals surface area (Å²) < 4.78 is 0. The molecule has 2 atom stereocenters. The zero-order chi connectivity index (χ0) is 17.2. The molecular formula is C18H26N2O3. The number of urea groups is 1. The standard InChI is InChI=1S/C18H26N2O3/c1-12(16(21)22)11-20(4)17(23)19-15-9-10-18(2,3)14-8-6-5-7-13(14)15/h5-8,12,15H,9-11H2,1-4H3,(H,19,23)(H,21,22). The van der Waals surface area contributed by atoms with E-state index in [0.717, 1.165) is 18.4 Å². The van der Waals surface area contributed by atoms with Gasteiger partial charge >= 0.3 is 12.0 Å². The monoisotopic (exact) mass is 318 g/mol. The number of hydrogen-bond donors (Lipinski definition) is 2. The number of nitrogens with one attached hydrogen (secondary N) is 1. The normalized spacial score (nSPS) is 20.3. The third kappa shape index (κ3) is 3.84. The lowest BCUT2D eigenvalue weighted by Crippen LogP contribution is -2.44. The van der Waals surface area contributed by atoms with E-state index < -0.39 is 11.9 Å². The molecule has 23 heavy (non-hydrogen) atoms. The van der Waals surface area contributed by atoms with Gasteiger partial charge in [0, 0.05) is 13.6 Å². The molecule has 1 aliphatic carbocycles. The highest BCUT2D eigenvalue weighted by Crippen LogP contribution is 2.41. The fraction of sp³-hybridized carbons (Fsp3) is 0.556. The Hall–Kier alpha value is -2.04. The Bertz CT molecular complexity index is 598. The number of carboxylic acids is 1. The highest BCUT2D eigenvalue weighted by molar-refractivity contribution is 5.76. The maximum atomic E-state index is 12.4. The van der Waals surface area contributed by atoms with Crippen molar-refractivity contribution in [1.29, 1.82) is 0 Å². The number of amides is 2. The topological polar surface area (TPSA) is 69.6 Å². The van der Waals surface area contributed by atoms with Crippen molar-refractivity contribution in [3.05, 3.63) is 35.4 Å². The molecule has 0 spiro atoms. The summed E-state index contributed by atoms with van der Waals surface area (Å²) in [5.41, 5.74) is 2.55. The molecule has 5 heteroatoms. The molecule has 2 unspecified atom stereocenters. The van der Waals surface area contributed by atoms with Gasteiger partial charge in [-0.3, -0.25) is 4.79 Å². The van der Waals surface area contributed by atoms with Crippen LogP contribution in [0.5, 0.6) is 0 Å². The second-order valence-corrected chi connectivity index (χ2v) is 7.13. The van der Waals surface area contributed by atoms with E-state index in [2.05, 4.69) is 31.3 Å². The molecule has 2 amide bonds. The first-order valence-electron chi connectivity index (χ1n) is 8.06. The van der Waals surface area contributed by atoms with Crippen LogP contribution in [0.25, 0.3) is 0 Å². The molecule has 0 heterocycles. The van der Waals surface area contributed by atoms with E-state index in [0.29, 0.717) is 0 Å². The van der Waals surface area contributed by atoms with Gasteiger partial charge in [-0.2, -0.15) is 0 Å². The van der Waals surface area contributed by atoms with E-state index in [1.54, 1.807) is 14.0 Å². The van der Waals surface area contributed by atoms with Crippen LogP contribution >= 0.6 is 0 Å². The van der Waals surface area contributed by atoms with Crippen molar-refractivity contribution < 1.29 is 14.7 Å². The molecule has 1 aliphatic rings. The summed E-state index contributed by atoms with van der Waals surface area (Å²) >= 11 is 0. The first kappa shape index (κ1) is 17.3. The van der Waals surface area contributed by atoms with Crippen LogP contribution in [-0.2, 0) is 10.2 Å². The predicted octanol–water partition coefficient (Wildman–Crippen LogP) is 3.16. The fourth-order valence-electron chi connectivity index (χ4n) is 3.19. The summed E-state index contributed by atoms with van der Waals surface area (Å²) in [6, 6.07) is 7.98. The van der Waals surface area contributed by atoms with Crippen LogP contribution in [0.4, 0.5) is 4.79 Å². The molecule has 0 saturated heterocycles. The van der Waals surface area contributed by atoms with Crippen LogP contribution in [-0.4, -0.2) is 35.6 Å². The van der Waals surface area contributed by atoms with Crippen LogP contribution < -0.4 is 5.32 Å². The van der Waals surface area contributed by atoms with Gasteiger partial charge in [-0.05, 0) is 29.4 Å². The number of fused-ring (bicyclic) bond motifs is 1. The van der Waals surface area contributed by atoms with Gasteiger partial charge in [-0.25, -0.2) is 4.79 Å². The SMILES string of the molecule is CC(CN(C)C(=O)NC1CCC(C)(C)c2ccccc21)C(=O)O. The lowest BCUT2D eigenvalue weighted by atomic mass is 9.71. The molecular weight excluding hydrogens is 292 g/mol. The van der Waals surface area contributed by atoms with Crippen molar-refractivity contribution in [2.45, 2.75) is 45.1 Å². The van der Waals surface area contributed by atoms with Gasteiger partial charge in [-0.15, -0.1) is 0 Å². The van der Waals surface area contributed by atoms with Gasteiger partial charge in [-0.1, -0.05) is 45.0 Å². The second kappa shape index (κ2) is 6.60. The molecule has 126 valence electrons. The molecule has 2 rings (SSSR count). The molecule has 0 aliphatic heterocycles. The summed E-state index contributed by atoms with van der Waals surface area (Å²) in [5.74, 6) is -1.47. The van der Waals surface area contributed by atoms with Gasteiger partial charge in [0.1, 0.15) is 0 Å². The van der Waals surface area contributed by atoms with E-state index in [1.165, 1.54) is 10.5 Å². The minimum Gasteiger partial charge on any atom is -0.481 e. The van der Waals surface area contributed by atoms with Gasteiger partial charge in [0.2, 0.25) is 0 Å². The van der Waals surface area contributed by atoms with Crippen molar-refractivity contribution in [3.8, 4) is 0 Å². The van der Waals surface area contributed by atoms with E-state index in [9.17, 15) is 9.59 Å². The quantitative estimate of drug-likeness (QED) is 0.896. The lowest BCUT2D eigenvalue weighted by Gasteiger charge is -2.38. The first-order valence-corrected chi connectivity index (χ1v) is 8.06. The first-order chi connectivity index (χ1) is 10.7. The Kier molecular flexibility index (Phi) is 4.97. The van der Waals surface area contributed by atoms with Crippen molar-refractivity contribution >= 4 is 12.0 Å². The molecule has 0 radical (unpaired) electrons. The number of aliphatic carboxylic acids is 1. The minimum absolute atomic E-state index is 0.0192. The van der Waals surface area contributed by atoms with Crippen LogP contribution in [0.15, 0.2) is 24.3 Å². The molecule has 0 aromatic heterocycles. The van der Waals surface area contributed by atoms with E-state index in [-0.39, 0.29) is 24.0 Å². The molecule has 1 aromatic rings. The Morgan fingerprint density at radius 2 is 2.04 bits per heavy atom. The second-order valence-electron chi connectivity index (χ2n) is 7.13. The average molecular weight is 318 g/mol. The molecule has 5 nitrogen and oxygen atoms in total. The number of carboxylic acid groups (broad SMARTS) is 1. The number of carbonyl (C=O) groups is 2. The van der Waals surface area contributed by atoms with Crippen LogP contribution in [0.2, 0.25) is 0 Å². The summed E-state index contributed by atoms with van der Waals surface area (Å²) in [7, 11) is 1.63. The van der Waals surface area contributed by atoms with E-state index in [4.69, 9.17) is 5.11 Å². The highest BCUT2D eigenvalue weighted by Gasteiger charge is 2.33. The summed E-state index contributed by atoms with van der Waals surface area (Å²) in [6.07, 6.45) is 1.89. The zero-order valence-corrected chi connectivity index (χ0v) is 14.3. The van der Waals surface area contributed by atoms with E-state index >= 15 is 0 Å². The van der Waals surface area contributed by atoms with Crippen LogP contribution in [0, 0.1) is 5.92 Å². The Labute approximate surface area is 137 Å². The van der Waals surface area contributed by atoms with Gasteiger partial charge < -0.3 is 15.3 Å². The highest BCUT2D eigenvalue weighted by atomic mass is 16.4. The number of benzene rings is 1. The maximum absolute atomic E-state index is 12.4. The van der Waals surface area contributed by atoms with Gasteiger partial charge in [0.15, 0.2) is 0 Å². The van der Waals surface area contributed by atoms with Crippen molar-refractivity contribution in [2.75, 3.05) is 13.6 Å². The molecule has 2 N–H and O–H groups in total. The third-order valence-electron chi connectivity index (χ3n) is 4.74.